The normalized spacial score (nSPS) is 14.6. The minimum atomic E-state index is -0.563. The van der Waals surface area contributed by atoms with Crippen molar-refractivity contribution in [3.8, 4) is 11.5 Å². The third-order valence-electron chi connectivity index (χ3n) is 4.68. The van der Waals surface area contributed by atoms with Crippen LogP contribution in [-0.2, 0) is 4.79 Å². The van der Waals surface area contributed by atoms with Gasteiger partial charge in [-0.3, -0.25) is 14.5 Å². The zero-order valence-electron chi connectivity index (χ0n) is 17.3. The zero-order chi connectivity index (χ0) is 23.2. The zero-order valence-corrected chi connectivity index (χ0v) is 18.8. The Balaban J connectivity index is 1.36. The summed E-state index contributed by atoms with van der Waals surface area (Å²) in [5, 5.41) is -0.0304. The maximum Gasteiger partial charge on any atom is 0.345 e. The molecular formula is C25H18ClNO5S. The summed E-state index contributed by atoms with van der Waals surface area (Å²) in [6.07, 6.45) is 1.63. The van der Waals surface area contributed by atoms with Crippen LogP contribution in [0.4, 0.5) is 4.79 Å². The largest absolute Gasteiger partial charge is 0.492 e. The molecule has 0 radical (unpaired) electrons. The number of esters is 1. The van der Waals surface area contributed by atoms with Crippen molar-refractivity contribution in [1.29, 1.82) is 0 Å². The highest BCUT2D eigenvalue weighted by Crippen LogP contribution is 2.32. The number of benzene rings is 3. The molecule has 166 valence electrons. The number of nitrogens with zero attached hydrogens (tertiary/aromatic N) is 1. The summed E-state index contributed by atoms with van der Waals surface area (Å²) in [5.74, 6) is 0.0849. The number of rotatable bonds is 7. The van der Waals surface area contributed by atoms with Crippen LogP contribution in [0.15, 0.2) is 83.8 Å². The van der Waals surface area contributed by atoms with Gasteiger partial charge >= 0.3 is 5.97 Å². The number of halogens is 1. The molecule has 1 saturated heterocycles. The van der Waals surface area contributed by atoms with E-state index >= 15 is 0 Å². The molecule has 8 heteroatoms. The standard InChI is InChI=1S/C25H18ClNO5S/c26-21-9-5-4-8-20(21)24(29)32-19-12-10-17(11-13-19)16-22-23(28)27(25(30)33-22)14-15-31-18-6-2-1-3-7-18/h1-13,16H,14-15H2/b22-16-. The van der Waals surface area contributed by atoms with Crippen molar-refractivity contribution in [3.05, 3.63) is 99.9 Å². The van der Waals surface area contributed by atoms with E-state index in [1.807, 2.05) is 30.3 Å². The first-order chi connectivity index (χ1) is 16.0. The van der Waals surface area contributed by atoms with Gasteiger partial charge in [0.1, 0.15) is 18.1 Å². The molecule has 3 aromatic carbocycles. The fraction of sp³-hybridized carbons (Fsp3) is 0.0800. The van der Waals surface area contributed by atoms with Gasteiger partial charge in [0.05, 0.1) is 22.0 Å². The number of amides is 2. The smallest absolute Gasteiger partial charge is 0.345 e. The Bertz CT molecular complexity index is 1210. The fourth-order valence-electron chi connectivity index (χ4n) is 3.04. The highest BCUT2D eigenvalue weighted by atomic mass is 35.5. The van der Waals surface area contributed by atoms with Crippen molar-refractivity contribution in [3.63, 3.8) is 0 Å². The molecule has 1 fully saturated rings. The van der Waals surface area contributed by atoms with Gasteiger partial charge in [-0.2, -0.15) is 0 Å². The van der Waals surface area contributed by atoms with Gasteiger partial charge in [-0.1, -0.05) is 54.1 Å². The minimum Gasteiger partial charge on any atom is -0.492 e. The minimum absolute atomic E-state index is 0.161. The molecule has 2 amide bonds. The molecule has 33 heavy (non-hydrogen) atoms. The number of imide groups is 1. The summed E-state index contributed by atoms with van der Waals surface area (Å²) in [7, 11) is 0. The molecule has 0 saturated carbocycles. The Morgan fingerprint density at radius 2 is 1.61 bits per heavy atom. The van der Waals surface area contributed by atoms with E-state index in [0.717, 1.165) is 11.8 Å². The Kier molecular flexibility index (Phi) is 7.12. The third-order valence-corrected chi connectivity index (χ3v) is 5.92. The average molecular weight is 480 g/mol. The van der Waals surface area contributed by atoms with Gasteiger partial charge in [0.15, 0.2) is 0 Å². The van der Waals surface area contributed by atoms with Gasteiger partial charge in [-0.15, -0.1) is 0 Å². The van der Waals surface area contributed by atoms with E-state index in [2.05, 4.69) is 0 Å². The van der Waals surface area contributed by atoms with E-state index in [-0.39, 0.29) is 29.9 Å². The Morgan fingerprint density at radius 1 is 0.909 bits per heavy atom. The summed E-state index contributed by atoms with van der Waals surface area (Å²) >= 11 is 6.90. The maximum absolute atomic E-state index is 12.6. The Morgan fingerprint density at radius 3 is 2.33 bits per heavy atom. The van der Waals surface area contributed by atoms with E-state index in [4.69, 9.17) is 21.1 Å². The van der Waals surface area contributed by atoms with Gasteiger partial charge in [-0.25, -0.2) is 4.79 Å². The summed E-state index contributed by atoms with van der Waals surface area (Å²) in [6, 6.07) is 22.4. The summed E-state index contributed by atoms with van der Waals surface area (Å²) in [5.41, 5.74) is 0.965. The fourth-order valence-corrected chi connectivity index (χ4v) is 4.11. The second-order valence-electron chi connectivity index (χ2n) is 6.93. The van der Waals surface area contributed by atoms with Crippen molar-refractivity contribution in [2.24, 2.45) is 0 Å². The summed E-state index contributed by atoms with van der Waals surface area (Å²) in [6.45, 7) is 0.370. The second kappa shape index (κ2) is 10.4. The summed E-state index contributed by atoms with van der Waals surface area (Å²) in [4.78, 5) is 38.7. The van der Waals surface area contributed by atoms with E-state index < -0.39 is 5.97 Å². The molecule has 0 spiro atoms. The average Bonchev–Trinajstić information content (AvgIpc) is 3.08. The van der Waals surface area contributed by atoms with Gasteiger partial charge in [-0.05, 0) is 59.8 Å². The number of ether oxygens (including phenoxy) is 2. The predicted octanol–water partition coefficient (Wildman–Crippen LogP) is 5.67. The third kappa shape index (κ3) is 5.63. The molecule has 1 heterocycles. The number of para-hydroxylation sites is 1. The molecule has 0 unspecified atom stereocenters. The lowest BCUT2D eigenvalue weighted by Gasteiger charge is -2.13. The first-order valence-corrected chi connectivity index (χ1v) is 11.2. The van der Waals surface area contributed by atoms with E-state index in [1.165, 1.54) is 4.90 Å². The quantitative estimate of drug-likeness (QED) is 0.247. The number of carbonyl (C=O) groups is 3. The van der Waals surface area contributed by atoms with Crippen molar-refractivity contribution in [2.45, 2.75) is 0 Å². The van der Waals surface area contributed by atoms with Crippen molar-refractivity contribution in [2.75, 3.05) is 13.2 Å². The molecule has 3 aromatic rings. The first kappa shape index (κ1) is 22.6. The lowest BCUT2D eigenvalue weighted by Crippen LogP contribution is -2.32. The molecular weight excluding hydrogens is 462 g/mol. The maximum atomic E-state index is 12.6. The first-order valence-electron chi connectivity index (χ1n) is 10.0. The topological polar surface area (TPSA) is 72.9 Å². The molecule has 6 nitrogen and oxygen atoms in total. The lowest BCUT2D eigenvalue weighted by molar-refractivity contribution is -0.123. The van der Waals surface area contributed by atoms with Gasteiger partial charge in [0.2, 0.25) is 0 Å². The van der Waals surface area contributed by atoms with Gasteiger partial charge < -0.3 is 9.47 Å². The van der Waals surface area contributed by atoms with Crippen LogP contribution in [0, 0.1) is 0 Å². The van der Waals surface area contributed by atoms with Crippen LogP contribution in [0.1, 0.15) is 15.9 Å². The second-order valence-corrected chi connectivity index (χ2v) is 8.33. The van der Waals surface area contributed by atoms with E-state index in [9.17, 15) is 14.4 Å². The lowest BCUT2D eigenvalue weighted by atomic mass is 10.2. The van der Waals surface area contributed by atoms with Crippen LogP contribution in [-0.4, -0.2) is 35.2 Å². The highest BCUT2D eigenvalue weighted by molar-refractivity contribution is 8.18. The molecule has 1 aliphatic rings. The SMILES string of the molecule is O=C(Oc1ccc(/C=C2\SC(=O)N(CCOc3ccccc3)C2=O)cc1)c1ccccc1Cl. The molecule has 1 aliphatic heterocycles. The predicted molar refractivity (Wildman–Crippen MR) is 127 cm³/mol. The number of carbonyl (C=O) groups excluding carboxylic acids is 3. The van der Waals surface area contributed by atoms with Crippen molar-refractivity contribution < 1.29 is 23.9 Å². The van der Waals surface area contributed by atoms with E-state index in [1.54, 1.807) is 54.6 Å². The number of hydrogen-bond acceptors (Lipinski definition) is 6. The van der Waals surface area contributed by atoms with Crippen LogP contribution in [0.3, 0.4) is 0 Å². The molecule has 0 N–H and O–H groups in total. The van der Waals surface area contributed by atoms with Crippen LogP contribution in [0.25, 0.3) is 6.08 Å². The van der Waals surface area contributed by atoms with E-state index in [0.29, 0.717) is 27.0 Å². The molecule has 0 bridgehead atoms. The molecule has 0 aromatic heterocycles. The van der Waals surface area contributed by atoms with Crippen LogP contribution < -0.4 is 9.47 Å². The molecule has 0 atom stereocenters. The highest BCUT2D eigenvalue weighted by Gasteiger charge is 2.34. The van der Waals surface area contributed by atoms with Crippen LogP contribution in [0.5, 0.6) is 11.5 Å². The van der Waals surface area contributed by atoms with Gasteiger partial charge in [0.25, 0.3) is 11.1 Å². The number of thioether (sulfide) groups is 1. The van der Waals surface area contributed by atoms with Crippen molar-refractivity contribution >= 4 is 46.6 Å². The Hall–Kier alpha value is -3.55. The number of hydrogen-bond donors (Lipinski definition) is 0. The monoisotopic (exact) mass is 479 g/mol. The molecule has 4 rings (SSSR count). The van der Waals surface area contributed by atoms with Crippen molar-refractivity contribution in [1.82, 2.24) is 4.90 Å². The van der Waals surface area contributed by atoms with Crippen LogP contribution in [0.2, 0.25) is 5.02 Å². The Labute approximate surface area is 199 Å². The molecule has 0 aliphatic carbocycles. The van der Waals surface area contributed by atoms with Crippen LogP contribution >= 0.6 is 23.4 Å². The van der Waals surface area contributed by atoms with Gasteiger partial charge in [0, 0.05) is 0 Å². The summed E-state index contributed by atoms with van der Waals surface area (Å²) < 4.78 is 10.9.